The Balaban J connectivity index is 1.19. The Hall–Kier alpha value is -6.88. The first-order valence-corrected chi connectivity index (χ1v) is 16.1. The topological polar surface area (TPSA) is 143 Å². The average molecular weight is 698 g/mol. The van der Waals surface area contributed by atoms with Crippen molar-refractivity contribution in [3.8, 4) is 11.5 Å². The van der Waals surface area contributed by atoms with Crippen LogP contribution in [0.2, 0.25) is 0 Å². The van der Waals surface area contributed by atoms with Crippen molar-refractivity contribution in [2.45, 2.75) is 12.2 Å². The Kier molecular flexibility index (Phi) is 10.3. The van der Waals surface area contributed by atoms with Crippen LogP contribution < -0.4 is 9.47 Å². The minimum atomic E-state index is -1.36. The number of esters is 2. The van der Waals surface area contributed by atoms with E-state index in [1.807, 2.05) is 0 Å². The number of ether oxygens (including phenoxy) is 4. The molecule has 0 unspecified atom stereocenters. The number of nitrogens with zero attached hydrogens (tertiary/aromatic N) is 1. The molecule has 0 aliphatic carbocycles. The van der Waals surface area contributed by atoms with Gasteiger partial charge in [-0.15, -0.1) is 0 Å². The van der Waals surface area contributed by atoms with Crippen LogP contribution in [-0.2, 0) is 14.3 Å². The molecule has 2 amide bonds. The second-order valence-corrected chi connectivity index (χ2v) is 11.6. The van der Waals surface area contributed by atoms with Gasteiger partial charge in [0.15, 0.2) is 12.2 Å². The summed E-state index contributed by atoms with van der Waals surface area (Å²) in [5, 5.41) is 0. The van der Waals surface area contributed by atoms with E-state index in [2.05, 4.69) is 0 Å². The van der Waals surface area contributed by atoms with Crippen LogP contribution in [0.3, 0.4) is 0 Å². The summed E-state index contributed by atoms with van der Waals surface area (Å²) >= 11 is 0. The van der Waals surface area contributed by atoms with Gasteiger partial charge in [0.2, 0.25) is 11.6 Å². The van der Waals surface area contributed by atoms with Gasteiger partial charge < -0.3 is 18.9 Å². The highest BCUT2D eigenvalue weighted by molar-refractivity contribution is 6.23. The number of carbonyl (C=O) groups excluding carboxylic acids is 6. The molecule has 52 heavy (non-hydrogen) atoms. The summed E-state index contributed by atoms with van der Waals surface area (Å²) in [7, 11) is 2.99. The molecule has 0 aromatic heterocycles. The van der Waals surface area contributed by atoms with E-state index in [-0.39, 0.29) is 27.8 Å². The Morgan fingerprint density at radius 3 is 1.46 bits per heavy atom. The van der Waals surface area contributed by atoms with Crippen LogP contribution >= 0.6 is 0 Å². The number of Topliss-reactive ketones (excluding diaryl/α,β-unsaturated/α-hetero) is 2. The van der Waals surface area contributed by atoms with E-state index in [1.165, 1.54) is 44.6 Å². The summed E-state index contributed by atoms with van der Waals surface area (Å²) in [6, 6.07) is 33.2. The number of amides is 2. The molecule has 0 N–H and O–H groups in total. The van der Waals surface area contributed by atoms with Crippen molar-refractivity contribution >= 4 is 35.3 Å². The fraction of sp³-hybridized carbons (Fsp3) is 0.122. The van der Waals surface area contributed by atoms with Gasteiger partial charge in [-0.2, -0.15) is 0 Å². The molecule has 2 atom stereocenters. The number of benzene rings is 5. The standard InChI is InChI=1S/C41H31NO10/c1-49-30-18-13-25(14-19-30)35(44)37(27-9-5-3-6-10-27)51-34(43)24-42-39(46)32-22-17-29(23-33(32)40(42)47)41(48)52-38(28-11-7-4-8-12-28)36(45)26-15-20-31(50-2)21-16-26/h3-23,37-38H,24H2,1-2H3/t37-,38+/m0/s1. The van der Waals surface area contributed by atoms with E-state index in [1.54, 1.807) is 97.1 Å². The predicted molar refractivity (Wildman–Crippen MR) is 186 cm³/mol. The van der Waals surface area contributed by atoms with Gasteiger partial charge in [-0.3, -0.25) is 28.9 Å². The highest BCUT2D eigenvalue weighted by Crippen LogP contribution is 2.29. The molecule has 0 fully saturated rings. The number of imide groups is 1. The van der Waals surface area contributed by atoms with Gasteiger partial charge in [-0.05, 0) is 66.7 Å². The molecule has 5 aromatic rings. The molecule has 0 radical (unpaired) electrons. The van der Waals surface area contributed by atoms with Crippen LogP contribution in [0.15, 0.2) is 127 Å². The number of hydrogen-bond donors (Lipinski definition) is 0. The molecule has 5 aromatic carbocycles. The van der Waals surface area contributed by atoms with Gasteiger partial charge in [0, 0.05) is 22.3 Å². The van der Waals surface area contributed by atoms with Crippen LogP contribution in [-0.4, -0.2) is 61.0 Å². The maximum atomic E-state index is 13.6. The molecule has 260 valence electrons. The SMILES string of the molecule is COc1ccc(C(=O)[C@@H](OC(=O)CN2C(=O)c3ccc(C(=O)O[C@@H](C(=O)c4ccc(OC)cc4)c4ccccc4)cc3C2=O)c2ccccc2)cc1. The average Bonchev–Trinajstić information content (AvgIpc) is 3.43. The van der Waals surface area contributed by atoms with E-state index in [0.717, 1.165) is 0 Å². The molecule has 0 bridgehead atoms. The van der Waals surface area contributed by atoms with Gasteiger partial charge in [0.1, 0.15) is 18.0 Å². The maximum absolute atomic E-state index is 13.6. The van der Waals surface area contributed by atoms with Crippen LogP contribution in [0.5, 0.6) is 11.5 Å². The summed E-state index contributed by atoms with van der Waals surface area (Å²) in [4.78, 5) is 81.3. The van der Waals surface area contributed by atoms with Gasteiger partial charge in [-0.1, -0.05) is 60.7 Å². The summed E-state index contributed by atoms with van der Waals surface area (Å²) in [5.41, 5.74) is 1.07. The highest BCUT2D eigenvalue weighted by atomic mass is 16.6. The van der Waals surface area contributed by atoms with Crippen molar-refractivity contribution in [3.63, 3.8) is 0 Å². The third kappa shape index (κ3) is 7.34. The van der Waals surface area contributed by atoms with Crippen LogP contribution in [0.1, 0.15) is 75.1 Å². The lowest BCUT2D eigenvalue weighted by atomic mass is 9.99. The molecular weight excluding hydrogens is 666 g/mol. The Morgan fingerprint density at radius 2 is 0.981 bits per heavy atom. The van der Waals surface area contributed by atoms with E-state index in [0.29, 0.717) is 27.5 Å². The molecule has 6 rings (SSSR count). The molecule has 1 heterocycles. The van der Waals surface area contributed by atoms with E-state index in [4.69, 9.17) is 18.9 Å². The number of carbonyl (C=O) groups is 6. The molecule has 1 aliphatic heterocycles. The normalized spacial score (nSPS) is 13.1. The summed E-state index contributed by atoms with van der Waals surface area (Å²) in [6.07, 6.45) is -2.69. The minimum Gasteiger partial charge on any atom is -0.497 e. The highest BCUT2D eigenvalue weighted by Gasteiger charge is 2.39. The van der Waals surface area contributed by atoms with Crippen molar-refractivity contribution in [1.29, 1.82) is 0 Å². The maximum Gasteiger partial charge on any atom is 0.339 e. The zero-order chi connectivity index (χ0) is 36.8. The fourth-order valence-electron chi connectivity index (χ4n) is 5.65. The molecule has 0 spiro atoms. The number of fused-ring (bicyclic) bond motifs is 1. The van der Waals surface area contributed by atoms with Crippen molar-refractivity contribution in [3.05, 3.63) is 166 Å². The number of methoxy groups -OCH3 is 2. The Bertz CT molecular complexity index is 2150. The molecule has 0 saturated heterocycles. The Morgan fingerprint density at radius 1 is 0.538 bits per heavy atom. The lowest BCUT2D eigenvalue weighted by Crippen LogP contribution is -2.36. The van der Waals surface area contributed by atoms with Gasteiger partial charge in [-0.25, -0.2) is 4.79 Å². The van der Waals surface area contributed by atoms with E-state index in [9.17, 15) is 28.8 Å². The lowest BCUT2D eigenvalue weighted by Gasteiger charge is -2.19. The third-order valence-corrected chi connectivity index (χ3v) is 8.40. The number of rotatable bonds is 13. The van der Waals surface area contributed by atoms with Gasteiger partial charge in [0.25, 0.3) is 11.8 Å². The first-order chi connectivity index (χ1) is 25.2. The predicted octanol–water partition coefficient (Wildman–Crippen LogP) is 6.25. The number of ketones is 2. The largest absolute Gasteiger partial charge is 0.497 e. The van der Waals surface area contributed by atoms with Crippen molar-refractivity contribution < 1.29 is 47.7 Å². The van der Waals surface area contributed by atoms with Crippen molar-refractivity contribution in [2.24, 2.45) is 0 Å². The minimum absolute atomic E-state index is 0.0443. The smallest absolute Gasteiger partial charge is 0.339 e. The second kappa shape index (κ2) is 15.3. The fourth-order valence-corrected chi connectivity index (χ4v) is 5.65. The third-order valence-electron chi connectivity index (χ3n) is 8.40. The zero-order valence-corrected chi connectivity index (χ0v) is 28.0. The van der Waals surface area contributed by atoms with Crippen molar-refractivity contribution in [2.75, 3.05) is 20.8 Å². The molecule has 0 saturated carbocycles. The monoisotopic (exact) mass is 697 g/mol. The first kappa shape index (κ1) is 35.0. The van der Waals surface area contributed by atoms with E-state index < -0.39 is 54.1 Å². The zero-order valence-electron chi connectivity index (χ0n) is 28.0. The Labute approximate surface area is 298 Å². The lowest BCUT2D eigenvalue weighted by molar-refractivity contribution is -0.147. The van der Waals surface area contributed by atoms with Crippen LogP contribution in [0.25, 0.3) is 0 Å². The van der Waals surface area contributed by atoms with Gasteiger partial charge in [0.05, 0.1) is 30.9 Å². The quantitative estimate of drug-likeness (QED) is 0.0787. The van der Waals surface area contributed by atoms with Gasteiger partial charge >= 0.3 is 11.9 Å². The molecular formula is C41H31NO10. The van der Waals surface area contributed by atoms with Crippen molar-refractivity contribution in [1.82, 2.24) is 4.90 Å². The van der Waals surface area contributed by atoms with Crippen LogP contribution in [0, 0.1) is 0 Å². The first-order valence-electron chi connectivity index (χ1n) is 16.1. The van der Waals surface area contributed by atoms with E-state index >= 15 is 0 Å². The molecule has 11 heteroatoms. The summed E-state index contributed by atoms with van der Waals surface area (Å²) < 4.78 is 21.7. The molecule has 11 nitrogen and oxygen atoms in total. The summed E-state index contributed by atoms with van der Waals surface area (Å²) in [5.74, 6) is -3.49. The van der Waals surface area contributed by atoms with Crippen LogP contribution in [0.4, 0.5) is 0 Å². The number of hydrogen-bond acceptors (Lipinski definition) is 10. The second-order valence-electron chi connectivity index (χ2n) is 11.6. The molecule has 1 aliphatic rings. The summed E-state index contributed by atoms with van der Waals surface area (Å²) in [6.45, 7) is -0.794.